The first-order valence-electron chi connectivity index (χ1n) is 19.8. The molecule has 0 radical (unpaired) electrons. The summed E-state index contributed by atoms with van der Waals surface area (Å²) in [6, 6.07) is 26.1. The quantitative estimate of drug-likeness (QED) is 0.117. The lowest BCUT2D eigenvalue weighted by molar-refractivity contribution is -0.138. The highest BCUT2D eigenvalue weighted by Crippen LogP contribution is 2.39. The summed E-state index contributed by atoms with van der Waals surface area (Å²) in [5, 5.41) is 7.22. The molecule has 3 aromatic heterocycles. The van der Waals surface area contributed by atoms with Crippen molar-refractivity contribution in [3.63, 3.8) is 0 Å². The van der Waals surface area contributed by atoms with Gasteiger partial charge in [-0.05, 0) is 102 Å². The summed E-state index contributed by atoms with van der Waals surface area (Å²) in [6.07, 6.45) is 0.490. The number of hydrogen-bond acceptors (Lipinski definition) is 6. The summed E-state index contributed by atoms with van der Waals surface area (Å²) >= 11 is 5.47. The van der Waals surface area contributed by atoms with E-state index in [1.165, 1.54) is 29.8 Å². The first-order valence-corrected chi connectivity index (χ1v) is 20.4. The van der Waals surface area contributed by atoms with Crippen molar-refractivity contribution < 1.29 is 53.0 Å². The zero-order valence-electron chi connectivity index (χ0n) is 34.2. The van der Waals surface area contributed by atoms with Crippen LogP contribution in [0.2, 0.25) is 0 Å². The second kappa shape index (κ2) is 19.1. The number of alkyl halides is 7. The maximum Gasteiger partial charge on any atom is 0.417 e. The zero-order chi connectivity index (χ0) is 47.5. The van der Waals surface area contributed by atoms with Gasteiger partial charge in [-0.25, -0.2) is 22.5 Å². The molecule has 3 aliphatic rings. The molecule has 0 bridgehead atoms. The van der Waals surface area contributed by atoms with Gasteiger partial charge in [-0.15, -0.1) is 11.6 Å². The van der Waals surface area contributed by atoms with Crippen molar-refractivity contribution in [1.29, 1.82) is 0 Å². The van der Waals surface area contributed by atoms with Crippen LogP contribution in [0.25, 0.3) is 56.7 Å². The Hall–Kier alpha value is -7.53. The smallest absolute Gasteiger partial charge is 0.359 e. The van der Waals surface area contributed by atoms with Crippen molar-refractivity contribution in [2.75, 3.05) is 0 Å². The maximum absolute atomic E-state index is 14.1. The van der Waals surface area contributed by atoms with Crippen molar-refractivity contribution in [3.05, 3.63) is 203 Å². The SMILES string of the molecule is Fc1ccc(-c2cc(CCl)on2)c(C(F)(F)F)c1.Fc1ccc(-c2cc(Cn3ccc4nc(-c5ccccc5F)cc-4c3)on2)c(C(F)(F)F)c1.Fc1ccccc1C1=Cc2cnccc2C1. The average molecular weight is 946 g/mol. The zero-order valence-corrected chi connectivity index (χ0v) is 34.9. The van der Waals surface area contributed by atoms with Crippen LogP contribution in [0.4, 0.5) is 43.9 Å². The van der Waals surface area contributed by atoms with Gasteiger partial charge >= 0.3 is 12.4 Å². The molecule has 0 saturated carbocycles. The Kier molecular flexibility index (Phi) is 13.1. The number of allylic oxidation sites excluding steroid dienone is 1. The molecule has 10 rings (SSSR count). The summed E-state index contributed by atoms with van der Waals surface area (Å²) in [5.74, 6) is -1.94. The molecular formula is C49H30ClF10N5O2. The van der Waals surface area contributed by atoms with E-state index < -0.39 is 35.1 Å². The minimum atomic E-state index is -4.74. The van der Waals surface area contributed by atoms with E-state index in [0.717, 1.165) is 47.4 Å². The Bertz CT molecular complexity index is 3190. The van der Waals surface area contributed by atoms with Crippen LogP contribution in [0.15, 0.2) is 149 Å². The molecule has 0 unspecified atom stereocenters. The lowest BCUT2D eigenvalue weighted by Crippen LogP contribution is -2.07. The number of halogens is 11. The molecule has 0 atom stereocenters. The van der Waals surface area contributed by atoms with E-state index in [-0.39, 0.29) is 52.3 Å². The molecule has 7 aromatic rings. The van der Waals surface area contributed by atoms with Crippen LogP contribution in [-0.4, -0.2) is 24.8 Å². The summed E-state index contributed by atoms with van der Waals surface area (Å²) in [6.45, 7) is 0.186. The Labute approximate surface area is 378 Å². The van der Waals surface area contributed by atoms with E-state index in [4.69, 9.17) is 20.6 Å². The lowest BCUT2D eigenvalue weighted by atomic mass is 10.0. The molecule has 0 fully saturated rings. The molecule has 0 saturated heterocycles. The fourth-order valence-electron chi connectivity index (χ4n) is 7.19. The third-order valence-corrected chi connectivity index (χ3v) is 10.6. The van der Waals surface area contributed by atoms with E-state index in [0.29, 0.717) is 40.4 Å². The predicted octanol–water partition coefficient (Wildman–Crippen LogP) is 14.2. The van der Waals surface area contributed by atoms with Crippen LogP contribution in [0.1, 0.15) is 39.3 Å². The highest BCUT2D eigenvalue weighted by atomic mass is 35.5. The van der Waals surface area contributed by atoms with Gasteiger partial charge in [0.15, 0.2) is 11.5 Å². The van der Waals surface area contributed by atoms with Crippen LogP contribution in [-0.2, 0) is 31.2 Å². The van der Waals surface area contributed by atoms with Crippen molar-refractivity contribution >= 4 is 23.3 Å². The number of aromatic nitrogens is 5. The van der Waals surface area contributed by atoms with Gasteiger partial charge in [0, 0.05) is 64.7 Å². The summed E-state index contributed by atoms with van der Waals surface area (Å²) < 4.78 is 144. The van der Waals surface area contributed by atoms with E-state index in [9.17, 15) is 43.9 Å². The van der Waals surface area contributed by atoms with Crippen molar-refractivity contribution in [3.8, 4) is 45.0 Å². The van der Waals surface area contributed by atoms with Gasteiger partial charge in [0.2, 0.25) is 0 Å². The molecule has 340 valence electrons. The molecule has 4 aromatic carbocycles. The molecule has 0 amide bonds. The standard InChI is InChI=1S/C24H14F5N3O.C14H10FN.C11H6ClF4NO/c25-15-5-6-17(19(10-15)24(27,28)29)23-11-16(33-31-23)13-32-8-7-21-14(12-32)9-22(30-21)18-3-1-2-4-20(18)26;15-14-4-2-1-3-13(14)11-7-10-5-6-16-9-12(10)8-11;12-5-7-4-10(17-18-7)8-2-1-6(13)3-9(8)11(14,15)16/h1-12H,13H2;1-6,8-9H,7H2;1-4H,5H2. The number of rotatable bonds is 7. The van der Waals surface area contributed by atoms with Crippen LogP contribution < -0.4 is 0 Å². The average Bonchev–Trinajstić information content (AvgIpc) is 4.13. The summed E-state index contributed by atoms with van der Waals surface area (Å²) in [5.41, 5.74) is 3.54. The fourth-order valence-corrected chi connectivity index (χ4v) is 7.31. The van der Waals surface area contributed by atoms with Crippen LogP contribution in [0.5, 0.6) is 0 Å². The third kappa shape index (κ3) is 10.6. The second-order valence-corrected chi connectivity index (χ2v) is 15.1. The van der Waals surface area contributed by atoms with E-state index in [2.05, 4.69) is 20.3 Å². The predicted molar refractivity (Wildman–Crippen MR) is 229 cm³/mol. The van der Waals surface area contributed by atoms with Gasteiger partial charge in [-0.2, -0.15) is 26.3 Å². The van der Waals surface area contributed by atoms with Crippen molar-refractivity contribution in [2.45, 2.75) is 31.2 Å². The third-order valence-electron chi connectivity index (χ3n) is 10.3. The summed E-state index contributed by atoms with van der Waals surface area (Å²) in [7, 11) is 0. The number of fused-ring (bicyclic) bond motifs is 2. The minimum Gasteiger partial charge on any atom is -0.359 e. The van der Waals surface area contributed by atoms with Gasteiger partial charge in [0.1, 0.15) is 34.7 Å². The van der Waals surface area contributed by atoms with Crippen molar-refractivity contribution in [1.82, 2.24) is 24.8 Å². The number of nitrogens with zero attached hydrogens (tertiary/aromatic N) is 5. The number of benzene rings is 4. The molecule has 18 heteroatoms. The first kappa shape index (κ1) is 46.0. The molecule has 0 spiro atoms. The van der Waals surface area contributed by atoms with Gasteiger partial charge in [0.25, 0.3) is 0 Å². The van der Waals surface area contributed by atoms with Crippen LogP contribution >= 0.6 is 11.6 Å². The highest BCUT2D eigenvalue weighted by Gasteiger charge is 2.36. The fraction of sp³-hybridized carbons (Fsp3) is 0.102. The molecule has 2 aliphatic heterocycles. The number of pyridine rings is 2. The van der Waals surface area contributed by atoms with Gasteiger partial charge in [-0.3, -0.25) is 4.98 Å². The van der Waals surface area contributed by atoms with E-state index in [1.54, 1.807) is 59.6 Å². The number of hydrogen-bond donors (Lipinski definition) is 0. The molecule has 1 aliphatic carbocycles. The highest BCUT2D eigenvalue weighted by molar-refractivity contribution is 6.16. The first-order chi connectivity index (χ1) is 32.0. The van der Waals surface area contributed by atoms with Crippen molar-refractivity contribution in [2.24, 2.45) is 0 Å². The maximum atomic E-state index is 14.1. The van der Waals surface area contributed by atoms with Gasteiger partial charge in [0.05, 0.1) is 34.9 Å². The topological polar surface area (TPSA) is 82.8 Å². The van der Waals surface area contributed by atoms with E-state index >= 15 is 0 Å². The largest absolute Gasteiger partial charge is 0.417 e. The molecule has 7 nitrogen and oxygen atoms in total. The Morgan fingerprint density at radius 3 is 1.75 bits per heavy atom. The lowest BCUT2D eigenvalue weighted by Gasteiger charge is -2.10. The minimum absolute atomic E-state index is 0.00442. The van der Waals surface area contributed by atoms with Crippen LogP contribution in [0.3, 0.4) is 0 Å². The van der Waals surface area contributed by atoms with E-state index in [1.807, 2.05) is 30.5 Å². The molecule has 67 heavy (non-hydrogen) atoms. The normalized spacial score (nSPS) is 12.3. The Morgan fingerprint density at radius 2 is 1.18 bits per heavy atom. The summed E-state index contributed by atoms with van der Waals surface area (Å²) in [4.78, 5) is 8.52. The second-order valence-electron chi connectivity index (χ2n) is 14.8. The Morgan fingerprint density at radius 1 is 0.597 bits per heavy atom. The van der Waals surface area contributed by atoms with Gasteiger partial charge < -0.3 is 13.6 Å². The molecule has 0 N–H and O–H groups in total. The molecular weight excluding hydrogens is 916 g/mol. The monoisotopic (exact) mass is 945 g/mol. The Balaban J connectivity index is 0.000000150. The van der Waals surface area contributed by atoms with Gasteiger partial charge in [-0.1, -0.05) is 40.6 Å². The molecule has 5 heterocycles. The van der Waals surface area contributed by atoms with Crippen LogP contribution in [0, 0.1) is 23.3 Å².